The minimum absolute atomic E-state index is 0.125. The summed E-state index contributed by atoms with van der Waals surface area (Å²) in [6.07, 6.45) is 4.98. The molecular weight excluding hydrogens is 342 g/mol. The van der Waals surface area contributed by atoms with E-state index in [0.29, 0.717) is 6.54 Å². The highest BCUT2D eigenvalue weighted by atomic mass is 79.9. The number of nitrogens with one attached hydrogen (secondary N) is 1. The third-order valence-electron chi connectivity index (χ3n) is 3.26. The number of benzene rings is 2. The lowest BCUT2D eigenvalue weighted by atomic mass is 10.1. The molecule has 0 atom stereocenters. The zero-order chi connectivity index (χ0) is 15.4. The Balaban J connectivity index is 1.59. The lowest BCUT2D eigenvalue weighted by Gasteiger charge is -2.02. The second-order valence-electron chi connectivity index (χ2n) is 4.90. The molecule has 0 radical (unpaired) electrons. The molecule has 0 bridgehead atoms. The Morgan fingerprint density at radius 3 is 2.95 bits per heavy atom. The number of rotatable bonds is 4. The largest absolute Gasteiger partial charge is 0.464 e. The van der Waals surface area contributed by atoms with Gasteiger partial charge in [0.1, 0.15) is 5.58 Å². The molecule has 0 aliphatic rings. The van der Waals surface area contributed by atoms with Crippen molar-refractivity contribution in [1.82, 2.24) is 5.32 Å². The van der Waals surface area contributed by atoms with E-state index in [9.17, 15) is 4.79 Å². The van der Waals surface area contributed by atoms with E-state index in [0.717, 1.165) is 26.6 Å². The summed E-state index contributed by atoms with van der Waals surface area (Å²) in [6.45, 7) is 0.471. The summed E-state index contributed by atoms with van der Waals surface area (Å²) in [5, 5.41) is 3.92. The first-order valence-electron chi connectivity index (χ1n) is 6.88. The van der Waals surface area contributed by atoms with Crippen molar-refractivity contribution in [1.29, 1.82) is 0 Å². The first kappa shape index (κ1) is 14.6. The van der Waals surface area contributed by atoms with Crippen molar-refractivity contribution in [3.8, 4) is 0 Å². The number of hydrogen-bond donors (Lipinski definition) is 1. The van der Waals surface area contributed by atoms with Gasteiger partial charge in [-0.25, -0.2) is 0 Å². The van der Waals surface area contributed by atoms with E-state index in [4.69, 9.17) is 4.42 Å². The number of furan rings is 1. The smallest absolute Gasteiger partial charge is 0.244 e. The molecule has 1 heterocycles. The first-order valence-corrected chi connectivity index (χ1v) is 7.68. The number of halogens is 1. The van der Waals surface area contributed by atoms with Crippen molar-refractivity contribution in [2.75, 3.05) is 0 Å². The Bertz CT molecular complexity index is 836. The van der Waals surface area contributed by atoms with E-state index in [2.05, 4.69) is 21.2 Å². The number of amides is 1. The van der Waals surface area contributed by atoms with Crippen molar-refractivity contribution in [3.05, 3.63) is 76.5 Å². The molecule has 3 aromatic rings. The van der Waals surface area contributed by atoms with Gasteiger partial charge in [0.15, 0.2) is 0 Å². The molecule has 3 nitrogen and oxygen atoms in total. The predicted octanol–water partition coefficient (Wildman–Crippen LogP) is 4.52. The molecule has 4 heteroatoms. The number of fused-ring (bicyclic) bond motifs is 1. The molecule has 2 aromatic carbocycles. The molecule has 22 heavy (non-hydrogen) atoms. The van der Waals surface area contributed by atoms with E-state index in [-0.39, 0.29) is 5.91 Å². The number of carbonyl (C=O) groups excluding carboxylic acids is 1. The number of carbonyl (C=O) groups is 1. The van der Waals surface area contributed by atoms with Crippen molar-refractivity contribution in [3.63, 3.8) is 0 Å². The fraction of sp³-hybridized carbons (Fsp3) is 0.0556. The Hall–Kier alpha value is -2.33. The third-order valence-corrected chi connectivity index (χ3v) is 3.76. The van der Waals surface area contributed by atoms with Gasteiger partial charge < -0.3 is 9.73 Å². The Morgan fingerprint density at radius 2 is 2.09 bits per heavy atom. The van der Waals surface area contributed by atoms with Crippen LogP contribution in [0.25, 0.3) is 17.0 Å². The van der Waals surface area contributed by atoms with Gasteiger partial charge in [-0.3, -0.25) is 4.79 Å². The summed E-state index contributed by atoms with van der Waals surface area (Å²) in [5.74, 6) is -0.125. The zero-order valence-corrected chi connectivity index (χ0v) is 13.3. The number of hydrogen-bond acceptors (Lipinski definition) is 2. The monoisotopic (exact) mass is 355 g/mol. The van der Waals surface area contributed by atoms with Crippen LogP contribution in [0.2, 0.25) is 0 Å². The van der Waals surface area contributed by atoms with E-state index in [1.807, 2.05) is 48.5 Å². The van der Waals surface area contributed by atoms with E-state index >= 15 is 0 Å². The topological polar surface area (TPSA) is 42.2 Å². The van der Waals surface area contributed by atoms with Gasteiger partial charge in [0, 0.05) is 22.5 Å². The van der Waals surface area contributed by atoms with E-state index in [1.54, 1.807) is 12.3 Å². The maximum absolute atomic E-state index is 11.9. The molecule has 1 aromatic heterocycles. The lowest BCUT2D eigenvalue weighted by molar-refractivity contribution is -0.116. The molecule has 0 saturated heterocycles. The van der Waals surface area contributed by atoms with Crippen molar-refractivity contribution in [2.24, 2.45) is 0 Å². The van der Waals surface area contributed by atoms with Crippen molar-refractivity contribution in [2.45, 2.75) is 6.54 Å². The van der Waals surface area contributed by atoms with Gasteiger partial charge in [-0.05, 0) is 41.5 Å². The van der Waals surface area contributed by atoms with Gasteiger partial charge >= 0.3 is 0 Å². The molecule has 1 amide bonds. The van der Waals surface area contributed by atoms with Crippen LogP contribution in [0.1, 0.15) is 11.1 Å². The molecule has 110 valence electrons. The molecule has 3 rings (SSSR count). The highest BCUT2D eigenvalue weighted by Gasteiger charge is 2.01. The van der Waals surface area contributed by atoms with Crippen LogP contribution in [0, 0.1) is 0 Å². The van der Waals surface area contributed by atoms with Crippen LogP contribution in [0.4, 0.5) is 0 Å². The highest BCUT2D eigenvalue weighted by molar-refractivity contribution is 9.10. The predicted molar refractivity (Wildman–Crippen MR) is 91.2 cm³/mol. The SMILES string of the molecule is O=C(/C=C/c1cccc(Br)c1)NCc1ccc2ccoc2c1. The second-order valence-corrected chi connectivity index (χ2v) is 5.81. The fourth-order valence-corrected chi connectivity index (χ4v) is 2.56. The molecule has 0 fully saturated rings. The molecule has 0 unspecified atom stereocenters. The van der Waals surface area contributed by atoms with Gasteiger partial charge in [-0.15, -0.1) is 0 Å². The Morgan fingerprint density at radius 1 is 1.18 bits per heavy atom. The summed E-state index contributed by atoms with van der Waals surface area (Å²) in [6, 6.07) is 15.6. The molecular formula is C18H14BrNO2. The van der Waals surface area contributed by atoms with E-state index in [1.165, 1.54) is 6.08 Å². The summed E-state index contributed by atoms with van der Waals surface area (Å²) in [4.78, 5) is 11.9. The van der Waals surface area contributed by atoms with Gasteiger partial charge in [0.05, 0.1) is 6.26 Å². The molecule has 1 N–H and O–H groups in total. The van der Waals surface area contributed by atoms with Crippen LogP contribution >= 0.6 is 15.9 Å². The summed E-state index contributed by atoms with van der Waals surface area (Å²) >= 11 is 3.40. The minimum Gasteiger partial charge on any atom is -0.464 e. The van der Waals surface area contributed by atoms with Gasteiger partial charge in [0.2, 0.25) is 5.91 Å². The van der Waals surface area contributed by atoms with Crippen molar-refractivity contribution < 1.29 is 9.21 Å². The lowest BCUT2D eigenvalue weighted by Crippen LogP contribution is -2.20. The molecule has 0 saturated carbocycles. The van der Waals surface area contributed by atoms with Crippen LogP contribution < -0.4 is 5.32 Å². The average molecular weight is 356 g/mol. The summed E-state index contributed by atoms with van der Waals surface area (Å²) < 4.78 is 6.34. The quantitative estimate of drug-likeness (QED) is 0.698. The maximum Gasteiger partial charge on any atom is 0.244 e. The van der Waals surface area contributed by atoms with Gasteiger partial charge in [0.25, 0.3) is 0 Å². The van der Waals surface area contributed by atoms with Crippen molar-refractivity contribution >= 4 is 38.9 Å². The fourth-order valence-electron chi connectivity index (χ4n) is 2.14. The maximum atomic E-state index is 11.9. The van der Waals surface area contributed by atoms with Crippen LogP contribution in [0.3, 0.4) is 0 Å². The molecule has 0 spiro atoms. The zero-order valence-electron chi connectivity index (χ0n) is 11.8. The Kier molecular flexibility index (Phi) is 4.39. The normalized spacial score (nSPS) is 11.1. The second kappa shape index (κ2) is 6.62. The Labute approximate surface area is 136 Å². The molecule has 0 aliphatic carbocycles. The minimum atomic E-state index is -0.125. The van der Waals surface area contributed by atoms with Crippen LogP contribution in [-0.2, 0) is 11.3 Å². The van der Waals surface area contributed by atoms with Crippen LogP contribution in [-0.4, -0.2) is 5.91 Å². The average Bonchev–Trinajstić information content (AvgIpc) is 2.98. The highest BCUT2D eigenvalue weighted by Crippen LogP contribution is 2.17. The van der Waals surface area contributed by atoms with Gasteiger partial charge in [-0.1, -0.05) is 40.2 Å². The summed E-state index contributed by atoms with van der Waals surface area (Å²) in [5.41, 5.74) is 2.81. The first-order chi connectivity index (χ1) is 10.7. The van der Waals surface area contributed by atoms with Crippen LogP contribution in [0.5, 0.6) is 0 Å². The van der Waals surface area contributed by atoms with Crippen LogP contribution in [0.15, 0.2) is 69.8 Å². The standard InChI is InChI=1S/C18H14BrNO2/c19-16-3-1-2-13(10-16)5-7-18(21)20-12-14-4-6-15-8-9-22-17(15)11-14/h1-11H,12H2,(H,20,21)/b7-5+. The third kappa shape index (κ3) is 3.65. The van der Waals surface area contributed by atoms with E-state index < -0.39 is 0 Å². The van der Waals surface area contributed by atoms with Gasteiger partial charge in [-0.2, -0.15) is 0 Å². The summed E-state index contributed by atoms with van der Waals surface area (Å²) in [7, 11) is 0. The molecule has 0 aliphatic heterocycles.